The lowest BCUT2D eigenvalue weighted by atomic mass is 10.4. The number of rotatable bonds is 2. The van der Waals surface area contributed by atoms with E-state index in [-0.39, 0.29) is 11.6 Å². The van der Waals surface area contributed by atoms with Crippen LogP contribution in [0, 0.1) is 0 Å². The summed E-state index contributed by atoms with van der Waals surface area (Å²) in [6, 6.07) is 0. The summed E-state index contributed by atoms with van der Waals surface area (Å²) in [5.74, 6) is -0.684. The minimum atomic E-state index is -0.591. The van der Waals surface area contributed by atoms with Crippen LogP contribution in [-0.4, -0.2) is 34.8 Å². The highest BCUT2D eigenvalue weighted by Crippen LogP contribution is 2.16. The lowest BCUT2D eigenvalue weighted by Gasteiger charge is -2.12. The number of hydrogen-bond acceptors (Lipinski definition) is 4. The van der Waals surface area contributed by atoms with Crippen LogP contribution >= 0.6 is 11.3 Å². The van der Waals surface area contributed by atoms with E-state index in [2.05, 4.69) is 4.98 Å². The average molecular weight is 225 g/mol. The molecule has 1 saturated heterocycles. The average Bonchev–Trinajstić information content (AvgIpc) is 2.88. The van der Waals surface area contributed by atoms with Crippen molar-refractivity contribution in [3.8, 4) is 0 Å². The summed E-state index contributed by atoms with van der Waals surface area (Å²) in [4.78, 5) is 28.3. The van der Waals surface area contributed by atoms with E-state index >= 15 is 0 Å². The SMILES string of the molecule is NC(=O)c1csc(C(=O)N2CCCC2)n1. The molecule has 2 rings (SSSR count). The van der Waals surface area contributed by atoms with E-state index in [0.717, 1.165) is 25.9 Å². The fraction of sp³-hybridized carbons (Fsp3) is 0.444. The molecular weight excluding hydrogens is 214 g/mol. The van der Waals surface area contributed by atoms with Crippen LogP contribution < -0.4 is 5.73 Å². The molecule has 0 bridgehead atoms. The number of carbonyl (C=O) groups excluding carboxylic acids is 2. The van der Waals surface area contributed by atoms with Crippen LogP contribution in [0.2, 0.25) is 0 Å². The van der Waals surface area contributed by atoms with E-state index < -0.39 is 5.91 Å². The van der Waals surface area contributed by atoms with Gasteiger partial charge >= 0.3 is 0 Å². The van der Waals surface area contributed by atoms with E-state index in [1.165, 1.54) is 16.7 Å². The van der Waals surface area contributed by atoms with Crippen molar-refractivity contribution < 1.29 is 9.59 Å². The Balaban J connectivity index is 2.14. The van der Waals surface area contributed by atoms with Crippen molar-refractivity contribution in [3.05, 3.63) is 16.1 Å². The zero-order chi connectivity index (χ0) is 10.8. The molecule has 5 nitrogen and oxygen atoms in total. The van der Waals surface area contributed by atoms with Crippen LogP contribution in [-0.2, 0) is 0 Å². The summed E-state index contributed by atoms with van der Waals surface area (Å²) in [7, 11) is 0. The van der Waals surface area contributed by atoms with Crippen LogP contribution in [0.15, 0.2) is 5.38 Å². The normalized spacial score (nSPS) is 15.6. The maximum Gasteiger partial charge on any atom is 0.282 e. The first-order valence-corrected chi connectivity index (χ1v) is 5.61. The van der Waals surface area contributed by atoms with Crippen molar-refractivity contribution in [1.82, 2.24) is 9.88 Å². The topological polar surface area (TPSA) is 76.3 Å². The third-order valence-electron chi connectivity index (χ3n) is 2.33. The summed E-state index contributed by atoms with van der Waals surface area (Å²) < 4.78 is 0. The number of nitrogens with zero attached hydrogens (tertiary/aromatic N) is 2. The van der Waals surface area contributed by atoms with Gasteiger partial charge in [0.15, 0.2) is 5.01 Å². The van der Waals surface area contributed by atoms with Gasteiger partial charge in [-0.05, 0) is 12.8 Å². The highest BCUT2D eigenvalue weighted by Gasteiger charge is 2.22. The number of carbonyl (C=O) groups is 2. The van der Waals surface area contributed by atoms with Crippen molar-refractivity contribution in [3.63, 3.8) is 0 Å². The Morgan fingerprint density at radius 3 is 2.60 bits per heavy atom. The minimum Gasteiger partial charge on any atom is -0.364 e. The first-order chi connectivity index (χ1) is 7.18. The zero-order valence-electron chi connectivity index (χ0n) is 8.10. The van der Waals surface area contributed by atoms with Gasteiger partial charge in [-0.25, -0.2) is 4.98 Å². The van der Waals surface area contributed by atoms with E-state index in [0.29, 0.717) is 5.01 Å². The second kappa shape index (κ2) is 3.98. The summed E-state index contributed by atoms with van der Waals surface area (Å²) in [6.45, 7) is 1.56. The number of nitrogens with two attached hydrogens (primary N) is 1. The van der Waals surface area contributed by atoms with Gasteiger partial charge in [0.25, 0.3) is 11.8 Å². The number of amides is 2. The first kappa shape index (κ1) is 10.1. The molecular formula is C9H11N3O2S. The molecule has 0 spiro atoms. The molecule has 1 fully saturated rings. The van der Waals surface area contributed by atoms with Crippen LogP contribution in [0.5, 0.6) is 0 Å². The predicted molar refractivity (Wildman–Crippen MR) is 55.8 cm³/mol. The monoisotopic (exact) mass is 225 g/mol. The molecule has 2 N–H and O–H groups in total. The molecule has 80 valence electrons. The Morgan fingerprint density at radius 2 is 2.07 bits per heavy atom. The molecule has 0 saturated carbocycles. The third-order valence-corrected chi connectivity index (χ3v) is 3.16. The first-order valence-electron chi connectivity index (χ1n) is 4.73. The smallest absolute Gasteiger partial charge is 0.282 e. The predicted octanol–water partition coefficient (Wildman–Crippen LogP) is 0.478. The molecule has 15 heavy (non-hydrogen) atoms. The molecule has 2 heterocycles. The van der Waals surface area contributed by atoms with E-state index in [9.17, 15) is 9.59 Å². The van der Waals surface area contributed by atoms with Gasteiger partial charge in [-0.3, -0.25) is 9.59 Å². The van der Waals surface area contributed by atoms with Crippen LogP contribution in [0.1, 0.15) is 33.1 Å². The summed E-state index contributed by atoms with van der Waals surface area (Å²) in [5, 5.41) is 1.87. The van der Waals surface area contributed by atoms with Gasteiger partial charge in [0, 0.05) is 18.5 Å². The Labute approximate surface area is 90.9 Å². The molecule has 1 aliphatic heterocycles. The second-order valence-corrected chi connectivity index (χ2v) is 4.26. The van der Waals surface area contributed by atoms with Crippen molar-refractivity contribution in [2.75, 3.05) is 13.1 Å². The van der Waals surface area contributed by atoms with Gasteiger partial charge in [0.05, 0.1) is 0 Å². The van der Waals surface area contributed by atoms with Crippen molar-refractivity contribution in [2.45, 2.75) is 12.8 Å². The van der Waals surface area contributed by atoms with Gasteiger partial charge in [-0.2, -0.15) is 0 Å². The summed E-state index contributed by atoms with van der Waals surface area (Å²) >= 11 is 1.17. The van der Waals surface area contributed by atoms with Gasteiger partial charge in [-0.1, -0.05) is 0 Å². The third kappa shape index (κ3) is 1.99. The maximum absolute atomic E-state index is 11.8. The molecule has 1 aromatic rings. The van der Waals surface area contributed by atoms with Crippen LogP contribution in [0.25, 0.3) is 0 Å². The molecule has 0 unspecified atom stereocenters. The fourth-order valence-electron chi connectivity index (χ4n) is 1.54. The summed E-state index contributed by atoms with van der Waals surface area (Å²) in [5.41, 5.74) is 5.23. The highest BCUT2D eigenvalue weighted by atomic mass is 32.1. The summed E-state index contributed by atoms with van der Waals surface area (Å²) in [6.07, 6.45) is 2.08. The number of thiazole rings is 1. The quantitative estimate of drug-likeness (QED) is 0.795. The van der Waals surface area contributed by atoms with Gasteiger partial charge < -0.3 is 10.6 Å². The molecule has 1 aliphatic rings. The Morgan fingerprint density at radius 1 is 1.40 bits per heavy atom. The minimum absolute atomic E-state index is 0.0926. The Hall–Kier alpha value is -1.43. The van der Waals surface area contributed by atoms with E-state index in [1.54, 1.807) is 4.90 Å². The van der Waals surface area contributed by atoms with E-state index in [4.69, 9.17) is 5.73 Å². The molecule has 1 aromatic heterocycles. The van der Waals surface area contributed by atoms with Crippen molar-refractivity contribution in [2.24, 2.45) is 5.73 Å². The van der Waals surface area contributed by atoms with Gasteiger partial charge in [0.2, 0.25) is 0 Å². The molecule has 2 amide bonds. The van der Waals surface area contributed by atoms with Gasteiger partial charge in [-0.15, -0.1) is 11.3 Å². The number of hydrogen-bond donors (Lipinski definition) is 1. The van der Waals surface area contributed by atoms with E-state index in [1.807, 2.05) is 0 Å². The molecule has 6 heteroatoms. The van der Waals surface area contributed by atoms with Crippen LogP contribution in [0.4, 0.5) is 0 Å². The van der Waals surface area contributed by atoms with Crippen LogP contribution in [0.3, 0.4) is 0 Å². The Bertz CT molecular complexity index is 396. The zero-order valence-corrected chi connectivity index (χ0v) is 8.92. The fourth-order valence-corrected chi connectivity index (χ4v) is 2.31. The lowest BCUT2D eigenvalue weighted by molar-refractivity contribution is 0.0792. The highest BCUT2D eigenvalue weighted by molar-refractivity contribution is 7.11. The molecule has 0 aromatic carbocycles. The maximum atomic E-state index is 11.8. The van der Waals surface area contributed by atoms with Crippen molar-refractivity contribution in [1.29, 1.82) is 0 Å². The molecule has 0 radical (unpaired) electrons. The standard InChI is InChI=1S/C9H11N3O2S/c10-7(13)6-5-15-8(11-6)9(14)12-3-1-2-4-12/h5H,1-4H2,(H2,10,13). The van der Waals surface area contributed by atoms with Crippen molar-refractivity contribution >= 4 is 23.2 Å². The number of likely N-dealkylation sites (tertiary alicyclic amines) is 1. The largest absolute Gasteiger partial charge is 0.364 e. The number of primary amides is 1. The molecule has 0 atom stereocenters. The lowest BCUT2D eigenvalue weighted by Crippen LogP contribution is -2.27. The number of aromatic nitrogens is 1. The van der Waals surface area contributed by atoms with Gasteiger partial charge in [0.1, 0.15) is 5.69 Å². The molecule has 0 aliphatic carbocycles. The Kier molecular flexibility index (Phi) is 2.68. The second-order valence-electron chi connectivity index (χ2n) is 3.40.